The number of benzene rings is 2. The van der Waals surface area contributed by atoms with Crippen molar-refractivity contribution in [2.24, 2.45) is 0 Å². The highest BCUT2D eigenvalue weighted by Gasteiger charge is 2.04. The summed E-state index contributed by atoms with van der Waals surface area (Å²) in [6, 6.07) is 12.7. The third kappa shape index (κ3) is 5.14. The fourth-order valence-electron chi connectivity index (χ4n) is 1.93. The fraction of sp³-hybridized carbons (Fsp3) is 0.294. The maximum absolute atomic E-state index is 13.6. The van der Waals surface area contributed by atoms with Gasteiger partial charge in [-0.3, -0.25) is 0 Å². The molecule has 112 valence electrons. The summed E-state index contributed by atoms with van der Waals surface area (Å²) in [6.45, 7) is 4.23. The molecule has 0 heterocycles. The molecule has 0 saturated heterocycles. The van der Waals surface area contributed by atoms with Gasteiger partial charge in [-0.15, -0.1) is 0 Å². The Bertz CT molecular complexity index is 572. The molecule has 2 aromatic rings. The first kappa shape index (κ1) is 16.0. The molecule has 0 bridgehead atoms. The smallest absolute Gasteiger partial charge is 0.129 e. The van der Waals surface area contributed by atoms with Crippen molar-refractivity contribution in [3.05, 3.63) is 63.9 Å². The van der Waals surface area contributed by atoms with Crippen LogP contribution in [-0.2, 0) is 13.2 Å². The van der Waals surface area contributed by atoms with Crippen LogP contribution in [-0.4, -0.2) is 6.54 Å². The van der Waals surface area contributed by atoms with Crippen molar-refractivity contribution in [3.8, 4) is 5.75 Å². The molecule has 0 atom stereocenters. The highest BCUT2D eigenvalue weighted by atomic mass is 79.9. The van der Waals surface area contributed by atoms with Gasteiger partial charge in [-0.1, -0.05) is 35.0 Å². The zero-order valence-corrected chi connectivity index (χ0v) is 13.6. The van der Waals surface area contributed by atoms with Gasteiger partial charge in [0.25, 0.3) is 0 Å². The van der Waals surface area contributed by atoms with Crippen LogP contribution in [0.4, 0.5) is 4.39 Å². The third-order valence-electron chi connectivity index (χ3n) is 3.08. The minimum Gasteiger partial charge on any atom is -0.489 e. The largest absolute Gasteiger partial charge is 0.489 e. The minimum atomic E-state index is -0.251. The fourth-order valence-corrected chi connectivity index (χ4v) is 2.34. The van der Waals surface area contributed by atoms with Crippen LogP contribution < -0.4 is 10.1 Å². The van der Waals surface area contributed by atoms with E-state index in [0.717, 1.165) is 29.7 Å². The van der Waals surface area contributed by atoms with Crippen LogP contribution in [0.15, 0.2) is 46.9 Å². The van der Waals surface area contributed by atoms with Gasteiger partial charge in [0.2, 0.25) is 0 Å². The van der Waals surface area contributed by atoms with Crippen molar-refractivity contribution in [1.29, 1.82) is 0 Å². The van der Waals surface area contributed by atoms with Gasteiger partial charge in [0.05, 0.1) is 0 Å². The molecule has 4 heteroatoms. The van der Waals surface area contributed by atoms with E-state index >= 15 is 0 Å². The second-order valence-electron chi connectivity index (χ2n) is 4.85. The van der Waals surface area contributed by atoms with Gasteiger partial charge < -0.3 is 10.1 Å². The highest BCUT2D eigenvalue weighted by molar-refractivity contribution is 9.10. The molecule has 2 aromatic carbocycles. The molecular formula is C17H19BrFNO. The van der Waals surface area contributed by atoms with Gasteiger partial charge in [-0.2, -0.15) is 0 Å². The van der Waals surface area contributed by atoms with Crippen LogP contribution in [0.25, 0.3) is 0 Å². The van der Waals surface area contributed by atoms with Crippen LogP contribution in [0.5, 0.6) is 5.75 Å². The summed E-state index contributed by atoms with van der Waals surface area (Å²) in [5.41, 5.74) is 1.75. The molecule has 0 fully saturated rings. The van der Waals surface area contributed by atoms with E-state index < -0.39 is 0 Å². The highest BCUT2D eigenvalue weighted by Crippen LogP contribution is 2.19. The second kappa shape index (κ2) is 8.15. The Kier molecular flexibility index (Phi) is 6.21. The van der Waals surface area contributed by atoms with Gasteiger partial charge in [0, 0.05) is 16.6 Å². The molecule has 0 aliphatic heterocycles. The summed E-state index contributed by atoms with van der Waals surface area (Å²) >= 11 is 3.33. The molecule has 0 radical (unpaired) electrons. The third-order valence-corrected chi connectivity index (χ3v) is 3.57. The number of nitrogens with one attached hydrogen (secondary N) is 1. The lowest BCUT2D eigenvalue weighted by atomic mass is 10.2. The molecule has 0 unspecified atom stereocenters. The topological polar surface area (TPSA) is 21.3 Å². The minimum absolute atomic E-state index is 0.221. The van der Waals surface area contributed by atoms with Crippen molar-refractivity contribution >= 4 is 15.9 Å². The lowest BCUT2D eigenvalue weighted by Crippen LogP contribution is -2.13. The van der Waals surface area contributed by atoms with Crippen molar-refractivity contribution < 1.29 is 9.13 Å². The van der Waals surface area contributed by atoms with Crippen LogP contribution >= 0.6 is 15.9 Å². The summed E-state index contributed by atoms with van der Waals surface area (Å²) in [4.78, 5) is 0. The first-order valence-electron chi connectivity index (χ1n) is 7.05. The molecule has 2 rings (SSSR count). The molecule has 2 nitrogen and oxygen atoms in total. The van der Waals surface area contributed by atoms with Crippen molar-refractivity contribution in [2.45, 2.75) is 26.5 Å². The van der Waals surface area contributed by atoms with E-state index in [1.54, 1.807) is 12.1 Å². The SMILES string of the molecule is CCCNCc1ccc(OCc2cc(Br)ccc2F)cc1. The average molecular weight is 352 g/mol. The van der Waals surface area contributed by atoms with E-state index in [-0.39, 0.29) is 12.4 Å². The van der Waals surface area contributed by atoms with Crippen LogP contribution in [0.1, 0.15) is 24.5 Å². The van der Waals surface area contributed by atoms with Crippen LogP contribution in [0, 0.1) is 5.82 Å². The Balaban J connectivity index is 1.90. The Morgan fingerprint density at radius 1 is 1.14 bits per heavy atom. The lowest BCUT2D eigenvalue weighted by molar-refractivity contribution is 0.299. The molecule has 0 aliphatic rings. The molecule has 0 amide bonds. The quantitative estimate of drug-likeness (QED) is 0.732. The number of rotatable bonds is 7. The van der Waals surface area contributed by atoms with Gasteiger partial charge in [-0.05, 0) is 48.9 Å². The first-order chi connectivity index (χ1) is 10.2. The Labute approximate surface area is 133 Å². The zero-order chi connectivity index (χ0) is 15.1. The lowest BCUT2D eigenvalue weighted by Gasteiger charge is -2.09. The number of hydrogen-bond donors (Lipinski definition) is 1. The average Bonchev–Trinajstić information content (AvgIpc) is 2.50. The summed E-state index contributed by atoms with van der Waals surface area (Å²) < 4.78 is 20.1. The monoisotopic (exact) mass is 351 g/mol. The van der Waals surface area contributed by atoms with Gasteiger partial charge in [0.15, 0.2) is 0 Å². The first-order valence-corrected chi connectivity index (χ1v) is 7.84. The standard InChI is InChI=1S/C17H19BrFNO/c1-2-9-20-11-13-3-6-16(7-4-13)21-12-14-10-15(18)5-8-17(14)19/h3-8,10,20H,2,9,11-12H2,1H3. The van der Waals surface area contributed by atoms with E-state index in [0.29, 0.717) is 5.56 Å². The number of halogens is 2. The predicted molar refractivity (Wildman–Crippen MR) is 86.9 cm³/mol. The molecule has 0 aromatic heterocycles. The summed E-state index contributed by atoms with van der Waals surface area (Å²) in [5, 5.41) is 3.35. The van der Waals surface area contributed by atoms with Crippen molar-refractivity contribution in [2.75, 3.05) is 6.54 Å². The summed E-state index contributed by atoms with van der Waals surface area (Å²) in [5.74, 6) is 0.493. The molecule has 0 aliphatic carbocycles. The van der Waals surface area contributed by atoms with E-state index in [9.17, 15) is 4.39 Å². The maximum atomic E-state index is 13.6. The van der Waals surface area contributed by atoms with E-state index in [2.05, 4.69) is 28.2 Å². The maximum Gasteiger partial charge on any atom is 0.129 e. The van der Waals surface area contributed by atoms with E-state index in [4.69, 9.17) is 4.74 Å². The van der Waals surface area contributed by atoms with Gasteiger partial charge in [-0.25, -0.2) is 4.39 Å². The second-order valence-corrected chi connectivity index (χ2v) is 5.76. The predicted octanol–water partition coefficient (Wildman–Crippen LogP) is 4.67. The van der Waals surface area contributed by atoms with Crippen LogP contribution in [0.3, 0.4) is 0 Å². The van der Waals surface area contributed by atoms with Crippen LogP contribution in [0.2, 0.25) is 0 Å². The molecule has 0 spiro atoms. The number of hydrogen-bond acceptors (Lipinski definition) is 2. The van der Waals surface area contributed by atoms with Crippen molar-refractivity contribution in [1.82, 2.24) is 5.32 Å². The Hall–Kier alpha value is -1.39. The van der Waals surface area contributed by atoms with Gasteiger partial charge >= 0.3 is 0 Å². The zero-order valence-electron chi connectivity index (χ0n) is 12.0. The van der Waals surface area contributed by atoms with E-state index in [1.807, 2.05) is 24.3 Å². The Morgan fingerprint density at radius 2 is 1.90 bits per heavy atom. The normalized spacial score (nSPS) is 10.6. The molecule has 0 saturated carbocycles. The summed E-state index contributed by atoms with van der Waals surface area (Å²) in [6.07, 6.45) is 1.12. The Morgan fingerprint density at radius 3 is 2.62 bits per heavy atom. The molecular weight excluding hydrogens is 333 g/mol. The van der Waals surface area contributed by atoms with E-state index in [1.165, 1.54) is 11.6 Å². The van der Waals surface area contributed by atoms with Crippen molar-refractivity contribution in [3.63, 3.8) is 0 Å². The molecule has 1 N–H and O–H groups in total. The summed E-state index contributed by atoms with van der Waals surface area (Å²) in [7, 11) is 0. The molecule has 21 heavy (non-hydrogen) atoms. The van der Waals surface area contributed by atoms with Gasteiger partial charge in [0.1, 0.15) is 18.2 Å². The number of ether oxygens (including phenoxy) is 1.